The van der Waals surface area contributed by atoms with Crippen LogP contribution in [0.2, 0.25) is 5.02 Å². The van der Waals surface area contributed by atoms with Gasteiger partial charge in [-0.2, -0.15) is 5.26 Å². The molecule has 1 aromatic heterocycles. The number of amides is 1. The van der Waals surface area contributed by atoms with Crippen LogP contribution in [0.4, 0.5) is 0 Å². The van der Waals surface area contributed by atoms with Crippen molar-refractivity contribution in [2.75, 3.05) is 32.4 Å². The van der Waals surface area contributed by atoms with E-state index in [-0.39, 0.29) is 31.3 Å². The van der Waals surface area contributed by atoms with E-state index in [1.54, 1.807) is 0 Å². The summed E-state index contributed by atoms with van der Waals surface area (Å²) in [6.07, 6.45) is 7.42. The molecule has 1 aliphatic carbocycles. The number of hydrogen-bond acceptors (Lipinski definition) is 5. The van der Waals surface area contributed by atoms with Crippen molar-refractivity contribution in [3.05, 3.63) is 60.7 Å². The van der Waals surface area contributed by atoms with Gasteiger partial charge < -0.3 is 4.90 Å². The molecule has 0 spiro atoms. The Labute approximate surface area is 252 Å². The number of likely N-dealkylation sites (tertiary alicyclic amines) is 1. The van der Waals surface area contributed by atoms with Crippen LogP contribution in [0.3, 0.4) is 0 Å². The van der Waals surface area contributed by atoms with Gasteiger partial charge in [0.05, 0.1) is 23.4 Å². The van der Waals surface area contributed by atoms with Gasteiger partial charge in [0.1, 0.15) is 0 Å². The molecule has 11 heteroatoms. The molecule has 2 fully saturated rings. The maximum Gasteiger partial charge on any atom is 0.224 e. The van der Waals surface area contributed by atoms with Crippen LogP contribution in [-0.2, 0) is 27.7 Å². The van der Waals surface area contributed by atoms with Crippen molar-refractivity contribution in [3.63, 3.8) is 0 Å². The monoisotopic (exact) mass is 696 g/mol. The van der Waals surface area contributed by atoms with E-state index < -0.39 is 15.4 Å². The van der Waals surface area contributed by atoms with Crippen LogP contribution in [0.5, 0.6) is 0 Å². The van der Waals surface area contributed by atoms with E-state index in [4.69, 9.17) is 16.6 Å². The maximum atomic E-state index is 13.4. The fraction of sp³-hybridized carbons (Fsp3) is 0.536. The van der Waals surface area contributed by atoms with Crippen molar-refractivity contribution in [2.45, 2.75) is 50.9 Å². The number of halogens is 3. The molecular formula is C28H31Br2ClN4O3S. The van der Waals surface area contributed by atoms with Crippen molar-refractivity contribution in [1.29, 1.82) is 5.26 Å². The first-order valence-corrected chi connectivity index (χ1v) is 17.1. The van der Waals surface area contributed by atoms with Gasteiger partial charge in [-0.15, -0.1) is 0 Å². The number of nitriles is 1. The highest BCUT2D eigenvalue weighted by atomic mass is 79.9. The van der Waals surface area contributed by atoms with Crippen LogP contribution >= 0.6 is 43.5 Å². The molecule has 1 atom stereocenters. The molecule has 2 saturated heterocycles. The third kappa shape index (κ3) is 6.08. The quantitative estimate of drug-likeness (QED) is 0.410. The number of hydrogen-bond donors (Lipinski definition) is 0. The lowest BCUT2D eigenvalue weighted by atomic mass is 9.75. The van der Waals surface area contributed by atoms with Gasteiger partial charge in [-0.3, -0.25) is 9.78 Å². The number of nitrogens with zero attached hydrogens (tertiary/aromatic N) is 4. The highest BCUT2D eigenvalue weighted by molar-refractivity contribution is 9.10. The molecule has 2 aromatic rings. The molecule has 3 aliphatic rings. The summed E-state index contributed by atoms with van der Waals surface area (Å²) in [5.41, 5.74) is 4.02. The Kier molecular flexibility index (Phi) is 8.48. The lowest BCUT2D eigenvalue weighted by Crippen LogP contribution is -2.46. The van der Waals surface area contributed by atoms with Crippen molar-refractivity contribution in [1.82, 2.24) is 14.2 Å². The summed E-state index contributed by atoms with van der Waals surface area (Å²) >= 11 is 13.8. The fourth-order valence-corrected chi connectivity index (χ4v) is 8.83. The number of fused-ring (bicyclic) bond motifs is 2. The highest BCUT2D eigenvalue weighted by Gasteiger charge is 2.41. The third-order valence-corrected chi connectivity index (χ3v) is 11.3. The van der Waals surface area contributed by atoms with Crippen LogP contribution < -0.4 is 0 Å². The minimum absolute atomic E-state index is 0.0144. The van der Waals surface area contributed by atoms with Crippen LogP contribution in [0.1, 0.15) is 60.4 Å². The first-order valence-electron chi connectivity index (χ1n) is 13.3. The molecule has 39 heavy (non-hydrogen) atoms. The average Bonchev–Trinajstić information content (AvgIpc) is 3.05. The predicted molar refractivity (Wildman–Crippen MR) is 158 cm³/mol. The topological polar surface area (TPSA) is 94.4 Å². The number of piperidine rings is 2. The van der Waals surface area contributed by atoms with E-state index in [0.29, 0.717) is 36.9 Å². The number of sulfonamides is 1. The minimum atomic E-state index is -3.29. The fourth-order valence-electron chi connectivity index (χ4n) is 6.49. The Hall–Kier alpha value is -1.51. The van der Waals surface area contributed by atoms with Gasteiger partial charge in [0.25, 0.3) is 0 Å². The van der Waals surface area contributed by atoms with Gasteiger partial charge >= 0.3 is 0 Å². The Morgan fingerprint density at radius 1 is 1.13 bits per heavy atom. The third-order valence-electron chi connectivity index (χ3n) is 8.66. The van der Waals surface area contributed by atoms with Crippen molar-refractivity contribution >= 4 is 59.4 Å². The molecule has 0 radical (unpaired) electrons. The molecule has 0 saturated carbocycles. The number of aromatic nitrogens is 1. The summed E-state index contributed by atoms with van der Waals surface area (Å²) in [5, 5.41) is 10.7. The van der Waals surface area contributed by atoms with Crippen molar-refractivity contribution < 1.29 is 13.2 Å². The van der Waals surface area contributed by atoms with Gasteiger partial charge in [-0.1, -0.05) is 27.5 Å². The molecule has 1 aromatic carbocycles. The van der Waals surface area contributed by atoms with E-state index in [1.165, 1.54) is 27.3 Å². The Bertz CT molecular complexity index is 1430. The maximum absolute atomic E-state index is 13.4. The van der Waals surface area contributed by atoms with E-state index in [0.717, 1.165) is 40.3 Å². The molecule has 0 bridgehead atoms. The zero-order valence-electron chi connectivity index (χ0n) is 21.8. The number of rotatable bonds is 4. The van der Waals surface area contributed by atoms with Gasteiger partial charge in [0.2, 0.25) is 15.9 Å². The zero-order chi connectivity index (χ0) is 27.9. The summed E-state index contributed by atoms with van der Waals surface area (Å²) < 4.78 is 27.2. The number of aryl methyl sites for hydroxylation is 2. The van der Waals surface area contributed by atoms with E-state index in [1.807, 2.05) is 17.2 Å². The molecular weight excluding hydrogens is 668 g/mol. The molecule has 208 valence electrons. The highest BCUT2D eigenvalue weighted by Crippen LogP contribution is 2.46. The predicted octanol–water partition coefficient (Wildman–Crippen LogP) is 5.68. The molecule has 2 aliphatic heterocycles. The molecule has 3 heterocycles. The van der Waals surface area contributed by atoms with Gasteiger partial charge in [0, 0.05) is 58.7 Å². The van der Waals surface area contributed by atoms with E-state index in [9.17, 15) is 18.5 Å². The summed E-state index contributed by atoms with van der Waals surface area (Å²) in [4.78, 5) is 20.2. The number of carbonyl (C=O) groups is 1. The lowest BCUT2D eigenvalue weighted by molar-refractivity contribution is -0.134. The minimum Gasteiger partial charge on any atom is -0.343 e. The Morgan fingerprint density at radius 2 is 1.79 bits per heavy atom. The molecule has 0 N–H and O–H groups in total. The number of benzene rings is 1. The Balaban J connectivity index is 1.33. The SMILES string of the molecule is CS(=O)(=O)N1CCC(C#N)(CC(=O)N2CCC([C@H]3c4ncc(Br)cc4CCc4cc(Cl)cc(Br)c43)CC2)CC1. The van der Waals surface area contributed by atoms with E-state index in [2.05, 4.69) is 50.1 Å². The summed E-state index contributed by atoms with van der Waals surface area (Å²) in [6, 6.07) is 8.58. The average molecular weight is 699 g/mol. The summed E-state index contributed by atoms with van der Waals surface area (Å²) in [7, 11) is -3.29. The molecule has 1 amide bonds. The Morgan fingerprint density at radius 3 is 2.44 bits per heavy atom. The van der Waals surface area contributed by atoms with Crippen LogP contribution in [-0.4, -0.2) is 60.9 Å². The molecule has 7 nitrogen and oxygen atoms in total. The second-order valence-electron chi connectivity index (χ2n) is 11.1. The van der Waals surface area contributed by atoms with E-state index >= 15 is 0 Å². The summed E-state index contributed by atoms with van der Waals surface area (Å²) in [5.74, 6) is 0.387. The van der Waals surface area contributed by atoms with Crippen molar-refractivity contribution in [3.8, 4) is 6.07 Å². The molecule has 0 unspecified atom stereocenters. The van der Waals surface area contributed by atoms with Crippen LogP contribution in [0.25, 0.3) is 0 Å². The first-order chi connectivity index (χ1) is 18.5. The van der Waals surface area contributed by atoms with Crippen LogP contribution in [0, 0.1) is 22.7 Å². The summed E-state index contributed by atoms with van der Waals surface area (Å²) in [6.45, 7) is 1.82. The zero-order valence-corrected chi connectivity index (χ0v) is 26.5. The first kappa shape index (κ1) is 29.0. The largest absolute Gasteiger partial charge is 0.343 e. The number of carbonyl (C=O) groups excluding carboxylic acids is 1. The second-order valence-corrected chi connectivity index (χ2v) is 15.3. The van der Waals surface area contributed by atoms with Gasteiger partial charge in [0.15, 0.2) is 0 Å². The van der Waals surface area contributed by atoms with Crippen molar-refractivity contribution in [2.24, 2.45) is 11.3 Å². The number of pyridine rings is 1. The van der Waals surface area contributed by atoms with Crippen LogP contribution in [0.15, 0.2) is 33.3 Å². The standard InChI is InChI=1S/C28H31Br2ClN4O3S/c1-39(37,38)35-10-6-28(17-32,7-11-35)15-24(36)34-8-4-18(5-9-34)26-25-19(13-22(31)14-23(25)30)2-3-20-12-21(29)16-33-27(20)26/h12-14,16,18,26H,2-11,15H2,1H3/t26-/m1/s1. The lowest BCUT2D eigenvalue weighted by Gasteiger charge is -2.40. The van der Waals surface area contributed by atoms with Gasteiger partial charge in [-0.05, 0) is 95.3 Å². The smallest absolute Gasteiger partial charge is 0.224 e. The second kappa shape index (κ2) is 11.4. The molecule has 5 rings (SSSR count). The normalized spacial score (nSPS) is 21.9. The van der Waals surface area contributed by atoms with Gasteiger partial charge in [-0.25, -0.2) is 12.7 Å².